The summed E-state index contributed by atoms with van der Waals surface area (Å²) < 4.78 is 11.0. The standard InChI is InChI=1S/C16H22N2O2/c1-19-15-6-4-12(5-7-15)9-14-11-20-16(18-14)13-3-2-8-17-10-13/h4-7,13-14,17H,2-3,8-11H2,1H3. The molecule has 2 atom stereocenters. The molecule has 0 aliphatic carbocycles. The van der Waals surface area contributed by atoms with Crippen LogP contribution in [0.2, 0.25) is 0 Å². The zero-order valence-corrected chi connectivity index (χ0v) is 12.0. The molecule has 1 aromatic rings. The predicted molar refractivity (Wildman–Crippen MR) is 79.5 cm³/mol. The molecule has 0 saturated carbocycles. The molecule has 0 radical (unpaired) electrons. The number of nitrogens with zero attached hydrogens (tertiary/aromatic N) is 1. The Morgan fingerprint density at radius 3 is 2.90 bits per heavy atom. The summed E-state index contributed by atoms with van der Waals surface area (Å²) in [5.41, 5.74) is 1.28. The van der Waals surface area contributed by atoms with Crippen LogP contribution < -0.4 is 10.1 Å². The Morgan fingerprint density at radius 1 is 1.35 bits per heavy atom. The summed E-state index contributed by atoms with van der Waals surface area (Å²) in [6.45, 7) is 2.85. The second kappa shape index (κ2) is 6.27. The molecule has 4 nitrogen and oxygen atoms in total. The maximum atomic E-state index is 5.81. The van der Waals surface area contributed by atoms with Crippen molar-refractivity contribution in [2.24, 2.45) is 10.9 Å². The van der Waals surface area contributed by atoms with E-state index in [-0.39, 0.29) is 6.04 Å². The number of nitrogens with one attached hydrogen (secondary N) is 1. The summed E-state index contributed by atoms with van der Waals surface area (Å²) in [6, 6.07) is 8.48. The average molecular weight is 274 g/mol. The number of ether oxygens (including phenoxy) is 2. The molecule has 20 heavy (non-hydrogen) atoms. The van der Waals surface area contributed by atoms with Gasteiger partial charge >= 0.3 is 0 Å². The third-order valence-electron chi connectivity index (χ3n) is 4.01. The van der Waals surface area contributed by atoms with E-state index in [9.17, 15) is 0 Å². The van der Waals surface area contributed by atoms with E-state index >= 15 is 0 Å². The zero-order valence-electron chi connectivity index (χ0n) is 12.0. The SMILES string of the molecule is COc1ccc(CC2COC(C3CCCNC3)=N2)cc1. The van der Waals surface area contributed by atoms with Gasteiger partial charge in [-0.15, -0.1) is 0 Å². The number of rotatable bonds is 4. The summed E-state index contributed by atoms with van der Waals surface area (Å²) in [6.07, 6.45) is 3.35. The number of aliphatic imine (C=N–C) groups is 1. The van der Waals surface area contributed by atoms with E-state index in [1.807, 2.05) is 12.1 Å². The quantitative estimate of drug-likeness (QED) is 0.913. The topological polar surface area (TPSA) is 42.9 Å². The van der Waals surface area contributed by atoms with Crippen molar-refractivity contribution in [1.29, 1.82) is 0 Å². The lowest BCUT2D eigenvalue weighted by Crippen LogP contribution is -2.34. The Kier molecular flexibility index (Phi) is 4.21. The van der Waals surface area contributed by atoms with Crippen LogP contribution in [-0.4, -0.2) is 38.7 Å². The average Bonchev–Trinajstić information content (AvgIpc) is 2.97. The monoisotopic (exact) mass is 274 g/mol. The highest BCUT2D eigenvalue weighted by molar-refractivity contribution is 5.80. The largest absolute Gasteiger partial charge is 0.497 e. The van der Waals surface area contributed by atoms with Crippen molar-refractivity contribution in [3.05, 3.63) is 29.8 Å². The maximum absolute atomic E-state index is 5.81. The molecule has 1 fully saturated rings. The smallest absolute Gasteiger partial charge is 0.188 e. The van der Waals surface area contributed by atoms with Crippen LogP contribution in [0.15, 0.2) is 29.3 Å². The number of hydrogen-bond donors (Lipinski definition) is 1. The molecular formula is C16H22N2O2. The van der Waals surface area contributed by atoms with Gasteiger partial charge in [-0.2, -0.15) is 0 Å². The van der Waals surface area contributed by atoms with Crippen LogP contribution >= 0.6 is 0 Å². The maximum Gasteiger partial charge on any atom is 0.188 e. The van der Waals surface area contributed by atoms with E-state index in [0.29, 0.717) is 5.92 Å². The van der Waals surface area contributed by atoms with E-state index in [1.165, 1.54) is 18.4 Å². The third-order valence-corrected chi connectivity index (χ3v) is 4.01. The van der Waals surface area contributed by atoms with Crippen LogP contribution in [0.3, 0.4) is 0 Å². The number of benzene rings is 1. The Morgan fingerprint density at radius 2 is 2.20 bits per heavy atom. The van der Waals surface area contributed by atoms with E-state index in [1.54, 1.807) is 7.11 Å². The molecule has 1 N–H and O–H groups in total. The predicted octanol–water partition coefficient (Wildman–Crippen LogP) is 2.03. The van der Waals surface area contributed by atoms with Gasteiger partial charge in [-0.3, -0.25) is 0 Å². The van der Waals surface area contributed by atoms with Crippen LogP contribution in [0.1, 0.15) is 18.4 Å². The van der Waals surface area contributed by atoms with E-state index < -0.39 is 0 Å². The minimum atomic E-state index is 0.264. The number of hydrogen-bond acceptors (Lipinski definition) is 4. The molecule has 4 heteroatoms. The van der Waals surface area contributed by atoms with Gasteiger partial charge in [0.15, 0.2) is 5.90 Å². The summed E-state index contributed by atoms with van der Waals surface area (Å²) in [7, 11) is 1.69. The first-order valence-electron chi connectivity index (χ1n) is 7.39. The Labute approximate surface area is 120 Å². The Balaban J connectivity index is 1.59. The Bertz CT molecular complexity index is 464. The van der Waals surface area contributed by atoms with Crippen LogP contribution in [0.25, 0.3) is 0 Å². The highest BCUT2D eigenvalue weighted by Crippen LogP contribution is 2.21. The van der Waals surface area contributed by atoms with Crippen molar-refractivity contribution in [1.82, 2.24) is 5.32 Å². The summed E-state index contributed by atoms with van der Waals surface area (Å²) in [5, 5.41) is 3.41. The fraction of sp³-hybridized carbons (Fsp3) is 0.562. The van der Waals surface area contributed by atoms with Gasteiger partial charge in [-0.25, -0.2) is 4.99 Å². The molecule has 2 unspecified atom stereocenters. The molecule has 0 amide bonds. The summed E-state index contributed by atoms with van der Waals surface area (Å²) in [5.74, 6) is 2.34. The van der Waals surface area contributed by atoms with Gasteiger partial charge in [0, 0.05) is 12.5 Å². The van der Waals surface area contributed by atoms with Crippen molar-refractivity contribution >= 4 is 5.90 Å². The van der Waals surface area contributed by atoms with Crippen molar-refractivity contribution in [2.75, 3.05) is 26.8 Å². The molecule has 2 aliphatic heterocycles. The van der Waals surface area contributed by atoms with Gasteiger partial charge < -0.3 is 14.8 Å². The first-order valence-corrected chi connectivity index (χ1v) is 7.39. The van der Waals surface area contributed by atoms with Crippen LogP contribution in [0.5, 0.6) is 5.75 Å². The van der Waals surface area contributed by atoms with Gasteiger partial charge in [-0.05, 0) is 43.5 Å². The molecule has 3 rings (SSSR count). The van der Waals surface area contributed by atoms with Gasteiger partial charge in [-0.1, -0.05) is 12.1 Å². The first kappa shape index (κ1) is 13.4. The highest BCUT2D eigenvalue weighted by atomic mass is 16.5. The van der Waals surface area contributed by atoms with Gasteiger partial charge in [0.1, 0.15) is 12.4 Å². The van der Waals surface area contributed by atoms with Gasteiger partial charge in [0.2, 0.25) is 0 Å². The minimum Gasteiger partial charge on any atom is -0.497 e. The van der Waals surface area contributed by atoms with Crippen molar-refractivity contribution < 1.29 is 9.47 Å². The summed E-state index contributed by atoms with van der Waals surface area (Å²) in [4.78, 5) is 4.77. The Hall–Kier alpha value is -1.55. The molecule has 108 valence electrons. The molecule has 2 heterocycles. The lowest BCUT2D eigenvalue weighted by Gasteiger charge is -2.21. The number of piperidine rings is 1. The fourth-order valence-corrected chi connectivity index (χ4v) is 2.86. The lowest BCUT2D eigenvalue weighted by atomic mass is 9.99. The molecule has 1 saturated heterocycles. The normalized spacial score (nSPS) is 25.9. The van der Waals surface area contributed by atoms with Crippen molar-refractivity contribution in [3.63, 3.8) is 0 Å². The van der Waals surface area contributed by atoms with Crippen LogP contribution in [-0.2, 0) is 11.2 Å². The summed E-state index contributed by atoms with van der Waals surface area (Å²) >= 11 is 0. The lowest BCUT2D eigenvalue weighted by molar-refractivity contribution is 0.285. The minimum absolute atomic E-state index is 0.264. The van der Waals surface area contributed by atoms with Crippen molar-refractivity contribution in [3.8, 4) is 5.75 Å². The molecular weight excluding hydrogens is 252 g/mol. The van der Waals surface area contributed by atoms with E-state index in [4.69, 9.17) is 14.5 Å². The van der Waals surface area contributed by atoms with Crippen LogP contribution in [0.4, 0.5) is 0 Å². The number of methoxy groups -OCH3 is 1. The molecule has 1 aromatic carbocycles. The van der Waals surface area contributed by atoms with E-state index in [0.717, 1.165) is 37.8 Å². The van der Waals surface area contributed by atoms with Crippen molar-refractivity contribution in [2.45, 2.75) is 25.3 Å². The van der Waals surface area contributed by atoms with Crippen LogP contribution in [0, 0.1) is 5.92 Å². The second-order valence-electron chi connectivity index (χ2n) is 5.53. The van der Waals surface area contributed by atoms with Gasteiger partial charge in [0.25, 0.3) is 0 Å². The first-order chi connectivity index (χ1) is 9.85. The molecule has 0 spiro atoms. The molecule has 0 aromatic heterocycles. The highest BCUT2D eigenvalue weighted by Gasteiger charge is 2.27. The fourth-order valence-electron chi connectivity index (χ4n) is 2.86. The van der Waals surface area contributed by atoms with E-state index in [2.05, 4.69) is 17.4 Å². The molecule has 2 aliphatic rings. The van der Waals surface area contributed by atoms with Gasteiger partial charge in [0.05, 0.1) is 13.2 Å². The second-order valence-corrected chi connectivity index (χ2v) is 5.53. The molecule has 0 bridgehead atoms. The third kappa shape index (κ3) is 3.12. The zero-order chi connectivity index (χ0) is 13.8.